The van der Waals surface area contributed by atoms with Gasteiger partial charge in [-0.25, -0.2) is 0 Å². The van der Waals surface area contributed by atoms with Crippen LogP contribution < -0.4 is 4.74 Å². The first-order valence-corrected chi connectivity index (χ1v) is 6.14. The molecule has 0 radical (unpaired) electrons. The normalized spacial score (nSPS) is 23.6. The van der Waals surface area contributed by atoms with Gasteiger partial charge >= 0.3 is 0 Å². The van der Waals surface area contributed by atoms with Crippen LogP contribution in [-0.2, 0) is 9.47 Å². The van der Waals surface area contributed by atoms with Crippen molar-refractivity contribution < 1.29 is 19.0 Å². The SMILES string of the molecule is COC1CCC(COc2cccc(C=O)c2)CO1. The van der Waals surface area contributed by atoms with E-state index >= 15 is 0 Å². The highest BCUT2D eigenvalue weighted by Gasteiger charge is 2.21. The fraction of sp³-hybridized carbons (Fsp3) is 0.500. The zero-order valence-electron chi connectivity index (χ0n) is 10.5. The Hall–Kier alpha value is -1.39. The molecule has 0 aromatic heterocycles. The average Bonchev–Trinajstić information content (AvgIpc) is 2.46. The van der Waals surface area contributed by atoms with E-state index in [1.165, 1.54) is 0 Å². The molecule has 1 aliphatic rings. The summed E-state index contributed by atoms with van der Waals surface area (Å²) in [4.78, 5) is 10.6. The molecule has 1 heterocycles. The first kappa shape index (κ1) is 13.1. The molecule has 1 saturated heterocycles. The molecule has 4 nitrogen and oxygen atoms in total. The second kappa shape index (κ2) is 6.52. The van der Waals surface area contributed by atoms with E-state index in [4.69, 9.17) is 14.2 Å². The van der Waals surface area contributed by atoms with Gasteiger partial charge in [0.1, 0.15) is 12.0 Å². The molecule has 98 valence electrons. The van der Waals surface area contributed by atoms with Crippen LogP contribution in [0.3, 0.4) is 0 Å². The zero-order valence-corrected chi connectivity index (χ0v) is 10.5. The van der Waals surface area contributed by atoms with E-state index in [9.17, 15) is 4.79 Å². The van der Waals surface area contributed by atoms with Crippen LogP contribution in [0.4, 0.5) is 0 Å². The van der Waals surface area contributed by atoms with Crippen molar-refractivity contribution in [3.63, 3.8) is 0 Å². The molecule has 2 atom stereocenters. The van der Waals surface area contributed by atoms with Crippen molar-refractivity contribution in [2.24, 2.45) is 5.92 Å². The maximum absolute atomic E-state index is 10.6. The van der Waals surface area contributed by atoms with Crippen LogP contribution in [0.25, 0.3) is 0 Å². The van der Waals surface area contributed by atoms with Gasteiger partial charge in [0.15, 0.2) is 6.29 Å². The summed E-state index contributed by atoms with van der Waals surface area (Å²) in [5.74, 6) is 1.12. The van der Waals surface area contributed by atoms with E-state index in [0.717, 1.165) is 24.9 Å². The van der Waals surface area contributed by atoms with E-state index in [0.29, 0.717) is 24.7 Å². The fourth-order valence-corrected chi connectivity index (χ4v) is 1.99. The third kappa shape index (κ3) is 3.55. The lowest BCUT2D eigenvalue weighted by molar-refractivity contribution is -0.162. The predicted molar refractivity (Wildman–Crippen MR) is 66.8 cm³/mol. The Morgan fingerprint density at radius 1 is 1.44 bits per heavy atom. The van der Waals surface area contributed by atoms with E-state index < -0.39 is 0 Å². The minimum Gasteiger partial charge on any atom is -0.493 e. The van der Waals surface area contributed by atoms with Crippen LogP contribution in [0.5, 0.6) is 5.75 Å². The van der Waals surface area contributed by atoms with Crippen molar-refractivity contribution in [1.29, 1.82) is 0 Å². The number of carbonyl (C=O) groups excluding carboxylic acids is 1. The van der Waals surface area contributed by atoms with Gasteiger partial charge in [-0.3, -0.25) is 4.79 Å². The summed E-state index contributed by atoms with van der Waals surface area (Å²) in [6, 6.07) is 7.17. The second-order valence-electron chi connectivity index (χ2n) is 4.44. The molecule has 0 spiro atoms. The van der Waals surface area contributed by atoms with Gasteiger partial charge in [-0.05, 0) is 25.0 Å². The van der Waals surface area contributed by atoms with Crippen molar-refractivity contribution in [3.05, 3.63) is 29.8 Å². The van der Waals surface area contributed by atoms with Crippen LogP contribution in [0.1, 0.15) is 23.2 Å². The predicted octanol–water partition coefficient (Wildman–Crippen LogP) is 2.28. The van der Waals surface area contributed by atoms with Crippen LogP contribution in [0, 0.1) is 5.92 Å². The summed E-state index contributed by atoms with van der Waals surface area (Å²) in [6.45, 7) is 1.27. The van der Waals surface area contributed by atoms with Crippen molar-refractivity contribution in [2.45, 2.75) is 19.1 Å². The molecule has 0 amide bonds. The molecule has 0 bridgehead atoms. The van der Waals surface area contributed by atoms with Crippen molar-refractivity contribution in [1.82, 2.24) is 0 Å². The summed E-state index contributed by atoms with van der Waals surface area (Å²) >= 11 is 0. The number of benzene rings is 1. The number of hydrogen-bond acceptors (Lipinski definition) is 4. The van der Waals surface area contributed by atoms with Crippen molar-refractivity contribution in [2.75, 3.05) is 20.3 Å². The van der Waals surface area contributed by atoms with Crippen molar-refractivity contribution in [3.8, 4) is 5.75 Å². The molecular weight excluding hydrogens is 232 g/mol. The highest BCUT2D eigenvalue weighted by molar-refractivity contribution is 5.75. The maximum Gasteiger partial charge on any atom is 0.157 e. The van der Waals surface area contributed by atoms with E-state index in [2.05, 4.69) is 0 Å². The number of carbonyl (C=O) groups is 1. The lowest BCUT2D eigenvalue weighted by Gasteiger charge is -2.27. The lowest BCUT2D eigenvalue weighted by atomic mass is 10.0. The third-order valence-corrected chi connectivity index (χ3v) is 3.07. The second-order valence-corrected chi connectivity index (χ2v) is 4.44. The zero-order chi connectivity index (χ0) is 12.8. The third-order valence-electron chi connectivity index (χ3n) is 3.07. The van der Waals surface area contributed by atoms with Gasteiger partial charge in [0.2, 0.25) is 0 Å². The Labute approximate surface area is 107 Å². The molecule has 0 N–H and O–H groups in total. The summed E-state index contributed by atoms with van der Waals surface area (Å²) in [6.07, 6.45) is 2.68. The number of aldehydes is 1. The Bertz CT molecular complexity index is 383. The van der Waals surface area contributed by atoms with Crippen molar-refractivity contribution >= 4 is 6.29 Å². The first-order valence-electron chi connectivity index (χ1n) is 6.14. The lowest BCUT2D eigenvalue weighted by Crippen LogP contribution is -2.30. The standard InChI is InChI=1S/C14H18O4/c1-16-14-6-5-12(10-18-14)9-17-13-4-2-3-11(7-13)8-15/h2-4,7-8,12,14H,5-6,9-10H2,1H3. The Kier molecular flexibility index (Phi) is 4.73. The molecule has 1 aromatic carbocycles. The number of ether oxygens (including phenoxy) is 3. The Morgan fingerprint density at radius 2 is 2.33 bits per heavy atom. The molecule has 18 heavy (non-hydrogen) atoms. The minimum atomic E-state index is -0.0698. The molecule has 1 fully saturated rings. The number of hydrogen-bond donors (Lipinski definition) is 0. The number of rotatable bonds is 5. The van der Waals surface area contributed by atoms with Gasteiger partial charge < -0.3 is 14.2 Å². The molecule has 4 heteroatoms. The summed E-state index contributed by atoms with van der Waals surface area (Å²) < 4.78 is 16.3. The Balaban J connectivity index is 1.79. The van der Waals surface area contributed by atoms with Gasteiger partial charge in [0.05, 0.1) is 13.2 Å². The average molecular weight is 250 g/mol. The monoisotopic (exact) mass is 250 g/mol. The van der Waals surface area contributed by atoms with Gasteiger partial charge in [0.25, 0.3) is 0 Å². The van der Waals surface area contributed by atoms with Crippen LogP contribution in [-0.4, -0.2) is 32.9 Å². The summed E-state index contributed by atoms with van der Waals surface area (Å²) in [7, 11) is 1.66. The molecular formula is C14H18O4. The van der Waals surface area contributed by atoms with E-state index in [-0.39, 0.29) is 6.29 Å². The van der Waals surface area contributed by atoms with E-state index in [1.807, 2.05) is 12.1 Å². The molecule has 2 rings (SSSR count). The largest absolute Gasteiger partial charge is 0.493 e. The van der Waals surface area contributed by atoms with Crippen LogP contribution >= 0.6 is 0 Å². The maximum atomic E-state index is 10.6. The summed E-state index contributed by atoms with van der Waals surface area (Å²) in [5.41, 5.74) is 0.631. The van der Waals surface area contributed by atoms with E-state index in [1.54, 1.807) is 19.2 Å². The molecule has 1 aromatic rings. The highest BCUT2D eigenvalue weighted by atomic mass is 16.7. The quantitative estimate of drug-likeness (QED) is 0.752. The van der Waals surface area contributed by atoms with Gasteiger partial charge in [-0.1, -0.05) is 12.1 Å². The fourth-order valence-electron chi connectivity index (χ4n) is 1.99. The highest BCUT2D eigenvalue weighted by Crippen LogP contribution is 2.21. The molecule has 2 unspecified atom stereocenters. The minimum absolute atomic E-state index is 0.0698. The summed E-state index contributed by atoms with van der Waals surface area (Å²) in [5, 5.41) is 0. The van der Waals surface area contributed by atoms with Gasteiger partial charge in [0, 0.05) is 18.6 Å². The van der Waals surface area contributed by atoms with Gasteiger partial charge in [-0.2, -0.15) is 0 Å². The smallest absolute Gasteiger partial charge is 0.157 e. The topological polar surface area (TPSA) is 44.8 Å². The molecule has 1 aliphatic heterocycles. The first-order chi connectivity index (χ1) is 8.81. The van der Waals surface area contributed by atoms with Gasteiger partial charge in [-0.15, -0.1) is 0 Å². The van der Waals surface area contributed by atoms with Crippen LogP contribution in [0.15, 0.2) is 24.3 Å². The Morgan fingerprint density at radius 3 is 3.00 bits per heavy atom. The molecule has 0 saturated carbocycles. The molecule has 0 aliphatic carbocycles. The number of methoxy groups -OCH3 is 1. The van der Waals surface area contributed by atoms with Crippen LogP contribution in [0.2, 0.25) is 0 Å².